The molecule has 5 aromatic rings. The van der Waals surface area contributed by atoms with Gasteiger partial charge in [0, 0.05) is 6.07 Å². The molecule has 0 saturated carbocycles. The minimum atomic E-state index is -0.878. The van der Waals surface area contributed by atoms with Crippen LogP contribution in [0.1, 0.15) is 18.1 Å². The normalized spacial score (nSPS) is 12.3. The van der Waals surface area contributed by atoms with Crippen molar-refractivity contribution in [3.8, 4) is 17.3 Å². The van der Waals surface area contributed by atoms with Crippen molar-refractivity contribution in [3.05, 3.63) is 88.7 Å². The van der Waals surface area contributed by atoms with E-state index in [2.05, 4.69) is 15.1 Å². The fourth-order valence-corrected chi connectivity index (χ4v) is 4.13. The lowest BCUT2D eigenvalue weighted by Gasteiger charge is -2.15. The van der Waals surface area contributed by atoms with Crippen LogP contribution in [0.15, 0.2) is 79.8 Å². The number of nitrogens with zero attached hydrogens (tertiary/aromatic N) is 4. The van der Waals surface area contributed by atoms with Crippen molar-refractivity contribution in [1.29, 1.82) is 0 Å². The van der Waals surface area contributed by atoms with Gasteiger partial charge < -0.3 is 8.94 Å². The highest BCUT2D eigenvalue weighted by molar-refractivity contribution is 7.99. The van der Waals surface area contributed by atoms with Gasteiger partial charge in [0.25, 0.3) is 5.56 Å². The van der Waals surface area contributed by atoms with Crippen LogP contribution in [0.25, 0.3) is 28.2 Å². The second-order valence-electron chi connectivity index (χ2n) is 6.84. The summed E-state index contributed by atoms with van der Waals surface area (Å²) < 4.78 is 39.9. The average molecular weight is 452 g/mol. The first-order valence-electron chi connectivity index (χ1n) is 9.52. The van der Waals surface area contributed by atoms with Crippen LogP contribution in [0, 0.1) is 11.6 Å². The first-order chi connectivity index (χ1) is 15.5. The van der Waals surface area contributed by atoms with E-state index in [4.69, 9.17) is 8.94 Å². The third kappa shape index (κ3) is 3.58. The predicted octanol–water partition coefficient (Wildman–Crippen LogP) is 5.16. The van der Waals surface area contributed by atoms with Crippen LogP contribution in [0.5, 0.6) is 0 Å². The van der Waals surface area contributed by atoms with Gasteiger partial charge in [0.1, 0.15) is 11.6 Å². The molecule has 7 nitrogen and oxygen atoms in total. The fraction of sp³-hybridized carbons (Fsp3) is 0.0909. The van der Waals surface area contributed by atoms with Crippen LogP contribution in [-0.4, -0.2) is 19.7 Å². The molecule has 0 aliphatic heterocycles. The lowest BCUT2D eigenvalue weighted by molar-refractivity contribution is 0.379. The van der Waals surface area contributed by atoms with Gasteiger partial charge in [-0.2, -0.15) is 4.98 Å². The molecule has 0 amide bonds. The highest BCUT2D eigenvalue weighted by Gasteiger charge is 2.23. The van der Waals surface area contributed by atoms with Crippen LogP contribution in [0.3, 0.4) is 0 Å². The second kappa shape index (κ2) is 8.04. The number of rotatable bonds is 5. The molecule has 0 fully saturated rings. The Morgan fingerprint density at radius 1 is 1.06 bits per heavy atom. The largest absolute Gasteiger partial charge is 0.461 e. The molecule has 0 N–H and O–H groups in total. The van der Waals surface area contributed by atoms with Crippen LogP contribution >= 0.6 is 11.8 Å². The molecule has 3 heterocycles. The third-order valence-electron chi connectivity index (χ3n) is 4.71. The third-order valence-corrected chi connectivity index (χ3v) is 5.75. The van der Waals surface area contributed by atoms with E-state index in [-0.39, 0.29) is 22.6 Å². The first-order valence-corrected chi connectivity index (χ1v) is 10.4. The monoisotopic (exact) mass is 452 g/mol. The van der Waals surface area contributed by atoms with E-state index in [0.29, 0.717) is 16.7 Å². The Kier molecular flexibility index (Phi) is 5.06. The number of aromatic nitrogens is 4. The van der Waals surface area contributed by atoms with Crippen LogP contribution < -0.4 is 5.56 Å². The summed E-state index contributed by atoms with van der Waals surface area (Å²) in [5.41, 5.74) is -0.128. The minimum absolute atomic E-state index is 0.105. The van der Waals surface area contributed by atoms with Gasteiger partial charge in [0.2, 0.25) is 11.7 Å². The van der Waals surface area contributed by atoms with Crippen LogP contribution in [-0.2, 0) is 0 Å². The van der Waals surface area contributed by atoms with E-state index in [1.807, 2.05) is 0 Å². The summed E-state index contributed by atoms with van der Waals surface area (Å²) in [5.74, 6) is -0.615. The van der Waals surface area contributed by atoms with Gasteiger partial charge in [-0.05, 0) is 43.3 Å². The Bertz CT molecular complexity index is 1480. The lowest BCUT2D eigenvalue weighted by Crippen LogP contribution is -2.23. The number of para-hydroxylation sites is 1. The average Bonchev–Trinajstić information content (AvgIpc) is 3.47. The Labute approximate surface area is 183 Å². The molecule has 3 aromatic heterocycles. The van der Waals surface area contributed by atoms with Crippen molar-refractivity contribution in [1.82, 2.24) is 19.7 Å². The van der Waals surface area contributed by atoms with E-state index >= 15 is 0 Å². The molecular formula is C22H14F2N4O3S. The number of furan rings is 1. The number of fused-ring (bicyclic) bond motifs is 1. The molecule has 0 aliphatic carbocycles. The summed E-state index contributed by atoms with van der Waals surface area (Å²) in [7, 11) is 0. The Morgan fingerprint density at radius 3 is 2.69 bits per heavy atom. The zero-order valence-electron chi connectivity index (χ0n) is 16.5. The first kappa shape index (κ1) is 20.1. The van der Waals surface area contributed by atoms with Crippen molar-refractivity contribution in [2.24, 2.45) is 0 Å². The molecule has 5 rings (SSSR count). The molecule has 2 aromatic carbocycles. The SMILES string of the molecule is CC(Sc1nc2ccccc2c(=O)n1-c1ccc(F)cc1F)c1nc(-c2ccco2)no1. The van der Waals surface area contributed by atoms with Gasteiger partial charge in [-0.25, -0.2) is 13.8 Å². The van der Waals surface area contributed by atoms with Gasteiger partial charge in [0.15, 0.2) is 10.9 Å². The molecule has 0 spiro atoms. The van der Waals surface area contributed by atoms with Gasteiger partial charge in [-0.15, -0.1) is 0 Å². The summed E-state index contributed by atoms with van der Waals surface area (Å²) >= 11 is 1.14. The van der Waals surface area contributed by atoms with Gasteiger partial charge in [0.05, 0.1) is 28.1 Å². The van der Waals surface area contributed by atoms with Crippen LogP contribution in [0.4, 0.5) is 8.78 Å². The topological polar surface area (TPSA) is 87.0 Å². The molecule has 0 saturated heterocycles. The van der Waals surface area contributed by atoms with Crippen molar-refractivity contribution in [2.75, 3.05) is 0 Å². The molecule has 0 aliphatic rings. The molecule has 32 heavy (non-hydrogen) atoms. The summed E-state index contributed by atoms with van der Waals surface area (Å²) in [6.45, 7) is 1.79. The van der Waals surface area contributed by atoms with Crippen LogP contribution in [0.2, 0.25) is 0 Å². The zero-order valence-corrected chi connectivity index (χ0v) is 17.3. The summed E-state index contributed by atoms with van der Waals surface area (Å²) in [6, 6.07) is 13.2. The number of hydrogen-bond acceptors (Lipinski definition) is 7. The number of benzene rings is 2. The Morgan fingerprint density at radius 2 is 1.91 bits per heavy atom. The maximum Gasteiger partial charge on any atom is 0.266 e. The molecular weight excluding hydrogens is 438 g/mol. The summed E-state index contributed by atoms with van der Waals surface area (Å²) in [5, 5.41) is 3.98. The molecule has 10 heteroatoms. The van der Waals surface area contributed by atoms with Crippen molar-refractivity contribution in [3.63, 3.8) is 0 Å². The lowest BCUT2D eigenvalue weighted by atomic mass is 10.2. The maximum atomic E-state index is 14.6. The summed E-state index contributed by atoms with van der Waals surface area (Å²) in [4.78, 5) is 22.1. The highest BCUT2D eigenvalue weighted by atomic mass is 32.2. The van der Waals surface area contributed by atoms with Gasteiger partial charge in [-0.1, -0.05) is 29.1 Å². The minimum Gasteiger partial charge on any atom is -0.461 e. The Balaban J connectivity index is 1.60. The molecule has 160 valence electrons. The summed E-state index contributed by atoms with van der Waals surface area (Å²) in [6.07, 6.45) is 1.50. The van der Waals surface area contributed by atoms with Gasteiger partial charge >= 0.3 is 0 Å². The number of thioether (sulfide) groups is 1. The van der Waals surface area contributed by atoms with E-state index in [1.54, 1.807) is 43.3 Å². The molecule has 0 radical (unpaired) electrons. The smallest absolute Gasteiger partial charge is 0.266 e. The number of halogens is 2. The quantitative estimate of drug-likeness (QED) is 0.269. The Hall–Kier alpha value is -3.79. The van der Waals surface area contributed by atoms with E-state index in [0.717, 1.165) is 28.5 Å². The predicted molar refractivity (Wildman–Crippen MR) is 114 cm³/mol. The zero-order chi connectivity index (χ0) is 22.2. The highest BCUT2D eigenvalue weighted by Crippen LogP contribution is 2.35. The van der Waals surface area contributed by atoms with Gasteiger partial charge in [-0.3, -0.25) is 9.36 Å². The standard InChI is InChI=1S/C22H14F2N4O3S/c1-12(20-26-19(27-31-20)18-7-4-10-30-18)32-22-25-16-6-3-2-5-14(16)21(29)28(22)17-9-8-13(23)11-15(17)24/h2-12H,1H3. The molecule has 1 unspecified atom stereocenters. The second-order valence-corrected chi connectivity index (χ2v) is 8.15. The van der Waals surface area contributed by atoms with Crippen molar-refractivity contribution in [2.45, 2.75) is 17.3 Å². The van der Waals surface area contributed by atoms with E-state index in [1.165, 1.54) is 12.3 Å². The maximum absolute atomic E-state index is 14.6. The molecule has 1 atom stereocenters. The number of hydrogen-bond donors (Lipinski definition) is 0. The fourth-order valence-electron chi connectivity index (χ4n) is 3.18. The van der Waals surface area contributed by atoms with Crippen molar-refractivity contribution < 1.29 is 17.7 Å². The molecule has 0 bridgehead atoms. The van der Waals surface area contributed by atoms with E-state index in [9.17, 15) is 13.6 Å². The van der Waals surface area contributed by atoms with E-state index < -0.39 is 22.4 Å². The van der Waals surface area contributed by atoms with Crippen molar-refractivity contribution >= 4 is 22.7 Å².